The Labute approximate surface area is 841 Å². The van der Waals surface area contributed by atoms with Gasteiger partial charge in [0.1, 0.15) is 6.33 Å². The van der Waals surface area contributed by atoms with Gasteiger partial charge in [-0.2, -0.15) is 5.10 Å². The van der Waals surface area contributed by atoms with Crippen molar-refractivity contribution in [1.29, 1.82) is 0 Å². The monoisotopic (exact) mass is 2490 g/mol. The second kappa shape index (κ2) is 51.5. The van der Waals surface area contributed by atoms with Crippen LogP contribution in [-0.4, -0.2) is 130 Å². The minimum Gasteiger partial charge on any atom is -0.393 e. The van der Waals surface area contributed by atoms with Crippen LogP contribution < -0.4 is 0 Å². The van der Waals surface area contributed by atoms with Crippen LogP contribution in [0.3, 0.4) is 0 Å². The van der Waals surface area contributed by atoms with E-state index in [-0.39, 0.29) is 185 Å². The third-order valence-corrected chi connectivity index (χ3v) is 27.1. The largest absolute Gasteiger partial charge is 0.393 e. The molecule has 20 heteroatoms. The molecule has 5 saturated carbocycles. The number of hydrogen-bond donors (Lipinski definition) is 8. The number of fused-ring (bicyclic) bond motifs is 2. The van der Waals surface area contributed by atoms with Crippen molar-refractivity contribution >= 4 is 0 Å². The van der Waals surface area contributed by atoms with Gasteiger partial charge >= 0.3 is 0 Å². The molecular formula is C112H138Ir4N8O8-4. The second-order valence-corrected chi connectivity index (χ2v) is 40.3. The van der Waals surface area contributed by atoms with Crippen molar-refractivity contribution < 1.29 is 121 Å². The second-order valence-electron chi connectivity index (χ2n) is 40.3. The van der Waals surface area contributed by atoms with E-state index in [1.807, 2.05) is 305 Å². The fraction of sp³-hybridized carbons (Fsp3) is 0.429. The number of hydrogen-bond acceptors (Lipinski definition) is 16. The Bertz CT molecular complexity index is 5110. The van der Waals surface area contributed by atoms with Crippen LogP contribution in [0.1, 0.15) is 182 Å². The van der Waals surface area contributed by atoms with Gasteiger partial charge in [0, 0.05) is 145 Å². The fourth-order valence-corrected chi connectivity index (χ4v) is 18.6. The molecule has 0 aliphatic heterocycles. The van der Waals surface area contributed by atoms with Crippen LogP contribution in [-0.2, 0) is 80.4 Å². The zero-order chi connectivity index (χ0) is 92.8. The summed E-state index contributed by atoms with van der Waals surface area (Å²) < 4.78 is 0. The molecular weight excluding hydrogens is 2350 g/mol. The maximum absolute atomic E-state index is 10.3. The Morgan fingerprint density at radius 1 is 0.356 bits per heavy atom. The standard InChI is InChI=1S/C22H15N2.C16H11N2.C15H10N3.C13H26O2.C12H22O2.C12H24O2.C11H8N.C11H22O2.4Ir/c1-4-10-17(11-5-1)20-16-23-21(18-12-6-2-7-13-18)22(24-20)19-14-8-3-9-15-19;1-3-7-13(8-4-1)15-11-12-16(18-17-15)14-9-5-2-6-10-14;1-3-7-12(8-4-1)14-16-11-17-15(18-14)13-9-5-2-6-10-13;1-12(2,3)10(14)9-7-6-8-13(4,5)11(9)15;1-7(13)9-8-5-6-12(4,10(9)14)11(8,2)3;1-11(2,3)9(13)8-6-7-12(4,5)10(8)14;1-2-6-10(7-3-1)11-8-4-5-9-12-11;1-7(2)9(12)8-5-6-11(3,4)10(8)13;;;;/h1-12,14-16H;1-9,11-12H;1-9,11H;9-11,14-15H,6-8H2,1-5H3;7-10,13-14H,5-6H2,1-4H3;8-10,13-14H,6-7H2,1-5H3;1-6,8-9H;7-10,12-13H,5-6H2,1-4H3;;;;/q3*-1;;;;-1;;;;;. The van der Waals surface area contributed by atoms with E-state index in [0.29, 0.717) is 17.6 Å². The first-order valence-electron chi connectivity index (χ1n) is 45.6. The average molecular weight is 2490 g/mol. The van der Waals surface area contributed by atoms with Gasteiger partial charge in [-0.3, -0.25) is 15.0 Å². The van der Waals surface area contributed by atoms with E-state index in [1.165, 1.54) is 6.33 Å². The van der Waals surface area contributed by atoms with Crippen LogP contribution in [0.25, 0.3) is 90.3 Å². The minimum atomic E-state index is -0.410. The van der Waals surface area contributed by atoms with E-state index >= 15 is 0 Å². The van der Waals surface area contributed by atoms with E-state index in [2.05, 4.69) is 129 Å². The molecule has 5 fully saturated rings. The van der Waals surface area contributed by atoms with Gasteiger partial charge in [0.05, 0.1) is 71.7 Å². The van der Waals surface area contributed by atoms with Crippen molar-refractivity contribution in [2.75, 3.05) is 0 Å². The van der Waals surface area contributed by atoms with Crippen LogP contribution in [0.15, 0.2) is 267 Å². The number of benzene rings is 8. The summed E-state index contributed by atoms with van der Waals surface area (Å²) in [6, 6.07) is 93.7. The maximum Gasteiger partial charge on any atom is 0.153 e. The van der Waals surface area contributed by atoms with Crippen molar-refractivity contribution in [2.45, 2.75) is 231 Å². The summed E-state index contributed by atoms with van der Waals surface area (Å²) in [6.07, 6.45) is 11.5. The molecule has 132 heavy (non-hydrogen) atoms. The predicted octanol–water partition coefficient (Wildman–Crippen LogP) is 22.8. The summed E-state index contributed by atoms with van der Waals surface area (Å²) in [4.78, 5) is 26.7. The van der Waals surface area contributed by atoms with Gasteiger partial charge in [-0.25, -0.2) is 10.1 Å². The molecule has 5 aliphatic carbocycles. The molecule has 0 amide bonds. The summed E-state index contributed by atoms with van der Waals surface area (Å²) >= 11 is 0. The minimum absolute atomic E-state index is 0. The van der Waals surface area contributed by atoms with E-state index in [9.17, 15) is 40.9 Å². The molecule has 12 aromatic rings. The molecule has 714 valence electrons. The molecule has 8 N–H and O–H groups in total. The van der Waals surface area contributed by atoms with Gasteiger partial charge in [-0.1, -0.05) is 264 Å². The van der Waals surface area contributed by atoms with Gasteiger partial charge in [0.15, 0.2) is 5.82 Å². The first kappa shape index (κ1) is 113. The summed E-state index contributed by atoms with van der Waals surface area (Å²) in [5, 5.41) is 89.1. The maximum atomic E-state index is 10.3. The summed E-state index contributed by atoms with van der Waals surface area (Å²) in [5.74, 6) is 2.30. The molecule has 14 unspecified atom stereocenters. The van der Waals surface area contributed by atoms with Crippen molar-refractivity contribution in [3.63, 3.8) is 0 Å². The van der Waals surface area contributed by atoms with Crippen LogP contribution in [0.2, 0.25) is 0 Å². The molecule has 0 saturated heterocycles. The molecule has 0 spiro atoms. The van der Waals surface area contributed by atoms with Gasteiger partial charge in [0.2, 0.25) is 0 Å². The van der Waals surface area contributed by atoms with Crippen molar-refractivity contribution in [3.8, 4) is 90.3 Å². The van der Waals surface area contributed by atoms with E-state index in [0.717, 1.165) is 136 Å². The number of nitrogens with zero attached hydrogens (tertiary/aromatic N) is 8. The van der Waals surface area contributed by atoms with Gasteiger partial charge in [-0.05, 0) is 131 Å². The number of aliphatic hydroxyl groups is 8. The molecule has 4 heterocycles. The Balaban J connectivity index is 0.000000233. The molecule has 4 aromatic heterocycles. The molecule has 2 bridgehead atoms. The fourth-order valence-electron chi connectivity index (χ4n) is 18.6. The quantitative estimate of drug-likeness (QED) is 0.0499. The molecule has 5 aliphatic rings. The molecule has 4 radical (unpaired) electrons. The summed E-state index contributed by atoms with van der Waals surface area (Å²) in [7, 11) is 0. The first-order chi connectivity index (χ1) is 60.7. The van der Waals surface area contributed by atoms with E-state index in [1.54, 1.807) is 6.20 Å². The molecule has 16 nitrogen and oxygen atoms in total. The molecule has 8 aromatic carbocycles. The van der Waals surface area contributed by atoms with Crippen LogP contribution >= 0.6 is 0 Å². The summed E-state index contributed by atoms with van der Waals surface area (Å²) in [6.45, 7) is 37.2. The molecule has 17 rings (SSSR count). The smallest absolute Gasteiger partial charge is 0.153 e. The SMILES string of the molecule is CC(C)(C)C(O)C1CCC(C)(C)C1O.CC(C)(C)C(O)C1CCCC(C)(C)C1O.CC(C)C(O)C1CCC(C)(C)C1O.CC(O)C1C2CCC(C)(C1O)C2(C)C.[Ir].[Ir].[Ir].[Ir].[c-]1ccccc1-c1ccc(-c2ccccc2)nn1.[c-]1ccccc1-c1ccccn1.[c-]1ccccc1-c1ncc(-c2ccccc2)nc1-c1ccccc1.[c-]1ccccc1-c1ncnc(-c2ccccc2)n1. The predicted molar refractivity (Wildman–Crippen MR) is 517 cm³/mol. The van der Waals surface area contributed by atoms with Gasteiger partial charge in [-0.15, -0.1) is 144 Å². The van der Waals surface area contributed by atoms with Crippen molar-refractivity contribution in [1.82, 2.24) is 40.1 Å². The first-order valence-corrected chi connectivity index (χ1v) is 45.6. The zero-order valence-electron chi connectivity index (χ0n) is 79.8. The van der Waals surface area contributed by atoms with Crippen LogP contribution in [0, 0.1) is 97.7 Å². The zero-order valence-corrected chi connectivity index (χ0v) is 89.4. The van der Waals surface area contributed by atoms with Crippen molar-refractivity contribution in [3.05, 3.63) is 292 Å². The molecule has 14 atom stereocenters. The van der Waals surface area contributed by atoms with E-state index in [4.69, 9.17) is 9.97 Å². The Hall–Kier alpha value is -7.64. The Kier molecular flexibility index (Phi) is 44.1. The number of rotatable bonds is 13. The van der Waals surface area contributed by atoms with Crippen molar-refractivity contribution in [2.24, 2.45) is 73.4 Å². The number of pyridine rings is 1. The third-order valence-electron chi connectivity index (χ3n) is 27.1. The number of aliphatic hydroxyl groups excluding tert-OH is 8. The average Bonchev–Trinajstić information content (AvgIpc) is 1.54. The topological polar surface area (TPSA) is 265 Å². The Morgan fingerprint density at radius 2 is 0.765 bits per heavy atom. The Morgan fingerprint density at radius 3 is 1.18 bits per heavy atom. The van der Waals surface area contributed by atoms with E-state index < -0.39 is 12.2 Å². The third kappa shape index (κ3) is 29.9. The van der Waals surface area contributed by atoms with Gasteiger partial charge < -0.3 is 50.8 Å². The normalized spacial score (nSPS) is 22.1. The van der Waals surface area contributed by atoms with Crippen LogP contribution in [0.5, 0.6) is 0 Å². The van der Waals surface area contributed by atoms with Crippen LogP contribution in [0.4, 0.5) is 0 Å². The summed E-state index contributed by atoms with van der Waals surface area (Å²) in [5.41, 5.74) is 13.1. The van der Waals surface area contributed by atoms with Gasteiger partial charge in [0.25, 0.3) is 0 Å². The number of aromatic nitrogens is 8.